The molecule has 5 heteroatoms. The van der Waals surface area contributed by atoms with E-state index in [4.69, 9.17) is 5.73 Å². The number of hydrogen-bond acceptors (Lipinski definition) is 3. The number of carbonyl (C=O) groups is 1. The molecule has 1 heterocycles. The fraction of sp³-hybridized carbons (Fsp3) is 0.143. The third-order valence-electron chi connectivity index (χ3n) is 2.72. The maximum atomic E-state index is 12.3. The van der Waals surface area contributed by atoms with Crippen LogP contribution < -0.4 is 5.73 Å². The summed E-state index contributed by atoms with van der Waals surface area (Å²) < 4.78 is 0.734. The second-order valence-electron chi connectivity index (χ2n) is 4.23. The van der Waals surface area contributed by atoms with Crippen LogP contribution in [0.1, 0.15) is 15.9 Å². The summed E-state index contributed by atoms with van der Waals surface area (Å²) in [6.45, 7) is 0.533. The Labute approximate surface area is 120 Å². The predicted molar refractivity (Wildman–Crippen MR) is 78.6 cm³/mol. The van der Waals surface area contributed by atoms with Gasteiger partial charge in [0.15, 0.2) is 0 Å². The Morgan fingerprint density at radius 1 is 1.37 bits per heavy atom. The van der Waals surface area contributed by atoms with E-state index < -0.39 is 0 Å². The highest BCUT2D eigenvalue weighted by Gasteiger charge is 2.16. The molecule has 2 N–H and O–H groups in total. The zero-order valence-electron chi connectivity index (χ0n) is 10.5. The van der Waals surface area contributed by atoms with Crippen molar-refractivity contribution in [2.75, 3.05) is 12.8 Å². The van der Waals surface area contributed by atoms with E-state index in [2.05, 4.69) is 20.9 Å². The average Bonchev–Trinajstić information content (AvgIpc) is 2.42. The number of nitrogens with zero attached hydrogens (tertiary/aromatic N) is 2. The molecule has 0 atom stereocenters. The number of nitrogen functional groups attached to an aromatic ring is 1. The fourth-order valence-corrected chi connectivity index (χ4v) is 2.09. The van der Waals surface area contributed by atoms with Gasteiger partial charge in [-0.1, -0.05) is 30.3 Å². The number of halogens is 1. The number of aromatic nitrogens is 1. The molecule has 98 valence electrons. The first kappa shape index (κ1) is 13.5. The van der Waals surface area contributed by atoms with E-state index in [1.165, 1.54) is 0 Å². The lowest BCUT2D eigenvalue weighted by atomic mass is 10.2. The Morgan fingerprint density at radius 3 is 2.74 bits per heavy atom. The highest BCUT2D eigenvalue weighted by atomic mass is 79.9. The van der Waals surface area contributed by atoms with E-state index >= 15 is 0 Å². The molecule has 0 saturated carbocycles. The number of benzene rings is 1. The van der Waals surface area contributed by atoms with E-state index in [1.54, 1.807) is 24.2 Å². The first-order valence-corrected chi connectivity index (χ1v) is 6.57. The van der Waals surface area contributed by atoms with Gasteiger partial charge in [0.2, 0.25) is 0 Å². The van der Waals surface area contributed by atoms with Gasteiger partial charge in [-0.2, -0.15) is 0 Å². The summed E-state index contributed by atoms with van der Waals surface area (Å²) in [7, 11) is 1.75. The van der Waals surface area contributed by atoms with E-state index in [1.807, 2.05) is 30.3 Å². The van der Waals surface area contributed by atoms with Crippen LogP contribution in [0, 0.1) is 0 Å². The quantitative estimate of drug-likeness (QED) is 0.946. The zero-order valence-corrected chi connectivity index (χ0v) is 12.1. The van der Waals surface area contributed by atoms with Gasteiger partial charge < -0.3 is 10.6 Å². The third-order valence-corrected chi connectivity index (χ3v) is 3.16. The minimum atomic E-state index is -0.143. The van der Waals surface area contributed by atoms with Gasteiger partial charge in [-0.25, -0.2) is 4.98 Å². The van der Waals surface area contributed by atoms with Crippen molar-refractivity contribution in [1.29, 1.82) is 0 Å². The number of hydrogen-bond donors (Lipinski definition) is 1. The number of amides is 1. The SMILES string of the molecule is CN(Cc1ccccc1)C(=O)c1cc(Br)cnc1N. The molecule has 4 nitrogen and oxygen atoms in total. The molecule has 0 fully saturated rings. The highest BCUT2D eigenvalue weighted by Crippen LogP contribution is 2.17. The van der Waals surface area contributed by atoms with Gasteiger partial charge in [0.25, 0.3) is 5.91 Å². The molecule has 19 heavy (non-hydrogen) atoms. The summed E-state index contributed by atoms with van der Waals surface area (Å²) >= 11 is 3.29. The number of nitrogens with two attached hydrogens (primary N) is 1. The molecule has 0 aliphatic heterocycles. The number of rotatable bonds is 3. The zero-order chi connectivity index (χ0) is 13.8. The van der Waals surface area contributed by atoms with E-state index in [-0.39, 0.29) is 11.7 Å². The molecule has 0 unspecified atom stereocenters. The van der Waals surface area contributed by atoms with Gasteiger partial charge in [-0.15, -0.1) is 0 Å². The van der Waals surface area contributed by atoms with Crippen molar-refractivity contribution in [3.63, 3.8) is 0 Å². The summed E-state index contributed by atoms with van der Waals surface area (Å²) in [4.78, 5) is 17.9. The monoisotopic (exact) mass is 319 g/mol. The molecule has 0 spiro atoms. The highest BCUT2D eigenvalue weighted by molar-refractivity contribution is 9.10. The molecular weight excluding hydrogens is 306 g/mol. The number of carbonyl (C=O) groups excluding carboxylic acids is 1. The normalized spacial score (nSPS) is 10.2. The second kappa shape index (κ2) is 5.84. The van der Waals surface area contributed by atoms with Crippen LogP contribution in [0.15, 0.2) is 47.1 Å². The lowest BCUT2D eigenvalue weighted by Gasteiger charge is -2.18. The maximum Gasteiger partial charge on any atom is 0.257 e. The van der Waals surface area contributed by atoms with Crippen LogP contribution >= 0.6 is 15.9 Å². The maximum absolute atomic E-state index is 12.3. The van der Waals surface area contributed by atoms with Crippen molar-refractivity contribution in [3.05, 3.63) is 58.2 Å². The molecule has 2 aromatic rings. The molecular formula is C14H14BrN3O. The van der Waals surface area contributed by atoms with Crippen LogP contribution in [-0.4, -0.2) is 22.8 Å². The first-order valence-electron chi connectivity index (χ1n) is 5.78. The number of pyridine rings is 1. The van der Waals surface area contributed by atoms with Gasteiger partial charge in [0.05, 0.1) is 5.56 Å². The molecule has 0 bridgehead atoms. The van der Waals surface area contributed by atoms with Crippen molar-refractivity contribution >= 4 is 27.7 Å². The van der Waals surface area contributed by atoms with Crippen LogP contribution in [-0.2, 0) is 6.54 Å². The Bertz CT molecular complexity index is 586. The Morgan fingerprint density at radius 2 is 2.05 bits per heavy atom. The lowest BCUT2D eigenvalue weighted by molar-refractivity contribution is 0.0785. The van der Waals surface area contributed by atoms with Gasteiger partial charge in [0, 0.05) is 24.3 Å². The lowest BCUT2D eigenvalue weighted by Crippen LogP contribution is -2.27. The summed E-state index contributed by atoms with van der Waals surface area (Å²) in [6.07, 6.45) is 1.57. The van der Waals surface area contributed by atoms with E-state index in [0.717, 1.165) is 10.0 Å². The van der Waals surface area contributed by atoms with Crippen LogP contribution in [0.25, 0.3) is 0 Å². The standard InChI is InChI=1S/C14H14BrN3O/c1-18(9-10-5-3-2-4-6-10)14(19)12-7-11(15)8-17-13(12)16/h2-8H,9H2,1H3,(H2,16,17). The van der Waals surface area contributed by atoms with Crippen molar-refractivity contribution in [3.8, 4) is 0 Å². The van der Waals surface area contributed by atoms with Crippen LogP contribution in [0.4, 0.5) is 5.82 Å². The molecule has 2 rings (SSSR count). The van der Waals surface area contributed by atoms with Gasteiger partial charge in [-0.05, 0) is 27.6 Å². The molecule has 0 aliphatic carbocycles. The fourth-order valence-electron chi connectivity index (χ4n) is 1.76. The van der Waals surface area contributed by atoms with Crippen molar-refractivity contribution in [1.82, 2.24) is 9.88 Å². The van der Waals surface area contributed by atoms with Gasteiger partial charge >= 0.3 is 0 Å². The minimum absolute atomic E-state index is 0.143. The van der Waals surface area contributed by atoms with Gasteiger partial charge in [0.1, 0.15) is 5.82 Å². The molecule has 0 aliphatic rings. The van der Waals surface area contributed by atoms with Crippen molar-refractivity contribution < 1.29 is 4.79 Å². The summed E-state index contributed by atoms with van der Waals surface area (Å²) in [5, 5.41) is 0. The summed E-state index contributed by atoms with van der Waals surface area (Å²) in [5.74, 6) is 0.100. The van der Waals surface area contributed by atoms with E-state index in [0.29, 0.717) is 12.1 Å². The largest absolute Gasteiger partial charge is 0.383 e. The topological polar surface area (TPSA) is 59.2 Å². The smallest absolute Gasteiger partial charge is 0.257 e. The molecule has 1 amide bonds. The van der Waals surface area contributed by atoms with Crippen LogP contribution in [0.3, 0.4) is 0 Å². The van der Waals surface area contributed by atoms with Crippen LogP contribution in [0.2, 0.25) is 0 Å². The Kier molecular flexibility index (Phi) is 4.16. The Balaban J connectivity index is 2.17. The van der Waals surface area contributed by atoms with Gasteiger partial charge in [-0.3, -0.25) is 4.79 Å². The minimum Gasteiger partial charge on any atom is -0.383 e. The predicted octanol–water partition coefficient (Wildman–Crippen LogP) is 2.70. The third kappa shape index (κ3) is 3.32. The van der Waals surface area contributed by atoms with Crippen LogP contribution in [0.5, 0.6) is 0 Å². The summed E-state index contributed by atoms with van der Waals surface area (Å²) in [5.41, 5.74) is 7.22. The molecule has 1 aromatic carbocycles. The Hall–Kier alpha value is -1.88. The summed E-state index contributed by atoms with van der Waals surface area (Å²) in [6, 6.07) is 11.5. The molecule has 0 saturated heterocycles. The number of anilines is 1. The van der Waals surface area contributed by atoms with E-state index in [9.17, 15) is 4.79 Å². The average molecular weight is 320 g/mol. The first-order chi connectivity index (χ1) is 9.08. The van der Waals surface area contributed by atoms with Crippen molar-refractivity contribution in [2.24, 2.45) is 0 Å². The molecule has 1 aromatic heterocycles. The molecule has 0 radical (unpaired) electrons. The van der Waals surface area contributed by atoms with Crippen molar-refractivity contribution in [2.45, 2.75) is 6.54 Å². The second-order valence-corrected chi connectivity index (χ2v) is 5.15.